The Morgan fingerprint density at radius 3 is 2.35 bits per heavy atom. The highest BCUT2D eigenvalue weighted by Crippen LogP contribution is 2.06. The van der Waals surface area contributed by atoms with Crippen molar-refractivity contribution in [2.24, 2.45) is 0 Å². The second-order valence-electron chi connectivity index (χ2n) is 5.29. The summed E-state index contributed by atoms with van der Waals surface area (Å²) in [6, 6.07) is 8.69. The molecule has 0 aliphatic carbocycles. The van der Waals surface area contributed by atoms with Crippen LogP contribution in [0.25, 0.3) is 0 Å². The normalized spacial score (nSPS) is 11.2. The summed E-state index contributed by atoms with van der Waals surface area (Å²) in [6.07, 6.45) is 2.55. The Labute approximate surface area is 123 Å². The largest absolute Gasteiger partial charge is 0.376 e. The van der Waals surface area contributed by atoms with Gasteiger partial charge in [0.1, 0.15) is 0 Å². The fourth-order valence-electron chi connectivity index (χ4n) is 1.87. The third-order valence-electron chi connectivity index (χ3n) is 2.99. The van der Waals surface area contributed by atoms with Crippen LogP contribution in [-0.4, -0.2) is 32.4 Å². The fraction of sp³-hybridized carbons (Fsp3) is 0.647. The smallest absolute Gasteiger partial charge is 0.0718 e. The zero-order chi connectivity index (χ0) is 14.6. The number of ether oxygens (including phenoxy) is 2. The summed E-state index contributed by atoms with van der Waals surface area (Å²) in [5, 5.41) is 3.42. The average Bonchev–Trinajstić information content (AvgIpc) is 2.44. The third kappa shape index (κ3) is 8.31. The quantitative estimate of drug-likeness (QED) is 0.631. The lowest BCUT2D eigenvalue weighted by Gasteiger charge is -2.09. The van der Waals surface area contributed by atoms with E-state index < -0.39 is 0 Å². The number of hydrogen-bond acceptors (Lipinski definition) is 3. The number of benzene rings is 1. The minimum atomic E-state index is 0.277. The van der Waals surface area contributed by atoms with Crippen LogP contribution in [0.4, 0.5) is 0 Å². The SMILES string of the molecule is CCCNCCc1ccc(COCCOC(C)C)cc1. The number of nitrogens with one attached hydrogen (secondary N) is 1. The summed E-state index contributed by atoms with van der Waals surface area (Å²) >= 11 is 0. The van der Waals surface area contributed by atoms with Gasteiger partial charge in [0.25, 0.3) is 0 Å². The van der Waals surface area contributed by atoms with Crippen molar-refractivity contribution in [2.45, 2.75) is 46.3 Å². The molecule has 0 radical (unpaired) electrons. The maximum absolute atomic E-state index is 5.59. The van der Waals surface area contributed by atoms with Crippen LogP contribution >= 0.6 is 0 Å². The molecule has 1 aromatic rings. The fourth-order valence-corrected chi connectivity index (χ4v) is 1.87. The number of rotatable bonds is 11. The average molecular weight is 279 g/mol. The Morgan fingerprint density at radius 2 is 1.70 bits per heavy atom. The van der Waals surface area contributed by atoms with E-state index in [0.29, 0.717) is 19.8 Å². The summed E-state index contributed by atoms with van der Waals surface area (Å²) in [7, 11) is 0. The van der Waals surface area contributed by atoms with Crippen molar-refractivity contribution in [3.05, 3.63) is 35.4 Å². The minimum Gasteiger partial charge on any atom is -0.376 e. The maximum Gasteiger partial charge on any atom is 0.0718 e. The first-order valence-electron chi connectivity index (χ1n) is 7.70. The second-order valence-corrected chi connectivity index (χ2v) is 5.29. The van der Waals surface area contributed by atoms with E-state index in [1.807, 2.05) is 13.8 Å². The van der Waals surface area contributed by atoms with Crippen LogP contribution in [0, 0.1) is 0 Å². The molecule has 114 valence electrons. The molecule has 0 heterocycles. The molecule has 0 bridgehead atoms. The van der Waals surface area contributed by atoms with Crippen LogP contribution in [0.2, 0.25) is 0 Å². The molecular formula is C17H29NO2. The molecule has 1 aromatic carbocycles. The van der Waals surface area contributed by atoms with Crippen LogP contribution in [0.5, 0.6) is 0 Å². The van der Waals surface area contributed by atoms with Gasteiger partial charge in [-0.25, -0.2) is 0 Å². The molecule has 0 aromatic heterocycles. The highest BCUT2D eigenvalue weighted by molar-refractivity contribution is 5.22. The van der Waals surface area contributed by atoms with Gasteiger partial charge in [0, 0.05) is 0 Å². The Bertz CT molecular complexity index is 335. The molecule has 0 saturated heterocycles. The van der Waals surface area contributed by atoms with Crippen molar-refractivity contribution >= 4 is 0 Å². The molecule has 1 rings (SSSR count). The molecule has 0 spiro atoms. The standard InChI is InChI=1S/C17H29NO2/c1-4-10-18-11-9-16-5-7-17(8-6-16)14-19-12-13-20-15(2)3/h5-8,15,18H,4,9-14H2,1-3H3. The Kier molecular flexibility index (Phi) is 9.29. The summed E-state index contributed by atoms with van der Waals surface area (Å²) < 4.78 is 11.0. The van der Waals surface area contributed by atoms with Crippen molar-refractivity contribution in [1.29, 1.82) is 0 Å². The molecule has 3 nitrogen and oxygen atoms in total. The molecule has 0 atom stereocenters. The Morgan fingerprint density at radius 1 is 1.00 bits per heavy atom. The lowest BCUT2D eigenvalue weighted by molar-refractivity contribution is 0.0143. The van der Waals surface area contributed by atoms with Crippen molar-refractivity contribution in [1.82, 2.24) is 5.32 Å². The van der Waals surface area contributed by atoms with Gasteiger partial charge in [-0.1, -0.05) is 31.2 Å². The Hall–Kier alpha value is -0.900. The summed E-state index contributed by atoms with van der Waals surface area (Å²) in [5.41, 5.74) is 2.60. The predicted octanol–water partition coefficient (Wildman–Crippen LogP) is 3.17. The first kappa shape index (κ1) is 17.2. The van der Waals surface area contributed by atoms with Crippen LogP contribution in [-0.2, 0) is 22.5 Å². The molecule has 20 heavy (non-hydrogen) atoms. The third-order valence-corrected chi connectivity index (χ3v) is 2.99. The van der Waals surface area contributed by atoms with Crippen molar-refractivity contribution in [3.8, 4) is 0 Å². The highest BCUT2D eigenvalue weighted by Gasteiger charge is 1.97. The van der Waals surface area contributed by atoms with Crippen molar-refractivity contribution in [2.75, 3.05) is 26.3 Å². The second kappa shape index (κ2) is 10.8. The van der Waals surface area contributed by atoms with Crippen LogP contribution in [0.3, 0.4) is 0 Å². The molecule has 0 saturated carbocycles. The first-order valence-corrected chi connectivity index (χ1v) is 7.70. The maximum atomic E-state index is 5.59. The van der Waals surface area contributed by atoms with Crippen LogP contribution in [0.15, 0.2) is 24.3 Å². The zero-order valence-corrected chi connectivity index (χ0v) is 13.2. The molecule has 1 N–H and O–H groups in total. The minimum absolute atomic E-state index is 0.277. The number of hydrogen-bond donors (Lipinski definition) is 1. The molecule has 0 unspecified atom stereocenters. The van der Waals surface area contributed by atoms with Crippen molar-refractivity contribution in [3.63, 3.8) is 0 Å². The molecule has 0 fully saturated rings. The van der Waals surface area contributed by atoms with Gasteiger partial charge in [0.2, 0.25) is 0 Å². The van der Waals surface area contributed by atoms with Crippen LogP contribution in [0.1, 0.15) is 38.3 Å². The van der Waals surface area contributed by atoms with Crippen molar-refractivity contribution < 1.29 is 9.47 Å². The van der Waals surface area contributed by atoms with Gasteiger partial charge in [0.05, 0.1) is 25.9 Å². The van der Waals surface area contributed by atoms with Gasteiger partial charge in [-0.2, -0.15) is 0 Å². The summed E-state index contributed by atoms with van der Waals surface area (Å²) in [6.45, 7) is 10.4. The monoisotopic (exact) mass is 279 g/mol. The predicted molar refractivity (Wildman–Crippen MR) is 84.1 cm³/mol. The summed E-state index contributed by atoms with van der Waals surface area (Å²) in [4.78, 5) is 0. The van der Waals surface area contributed by atoms with Gasteiger partial charge >= 0.3 is 0 Å². The first-order chi connectivity index (χ1) is 9.72. The molecular weight excluding hydrogens is 250 g/mol. The lowest BCUT2D eigenvalue weighted by Crippen LogP contribution is -2.17. The van der Waals surface area contributed by atoms with E-state index in [9.17, 15) is 0 Å². The molecule has 0 aliphatic rings. The molecule has 3 heteroatoms. The lowest BCUT2D eigenvalue weighted by atomic mass is 10.1. The Balaban J connectivity index is 2.15. The zero-order valence-electron chi connectivity index (χ0n) is 13.2. The van der Waals surface area contributed by atoms with E-state index in [1.165, 1.54) is 17.5 Å². The van der Waals surface area contributed by atoms with E-state index in [2.05, 4.69) is 36.5 Å². The van der Waals surface area contributed by atoms with E-state index in [1.54, 1.807) is 0 Å². The highest BCUT2D eigenvalue weighted by atomic mass is 16.5. The van der Waals surface area contributed by atoms with Gasteiger partial charge in [-0.15, -0.1) is 0 Å². The summed E-state index contributed by atoms with van der Waals surface area (Å²) in [5.74, 6) is 0. The van der Waals surface area contributed by atoms with E-state index in [-0.39, 0.29) is 6.10 Å². The van der Waals surface area contributed by atoms with Gasteiger partial charge in [0.15, 0.2) is 0 Å². The van der Waals surface area contributed by atoms with Crippen LogP contribution < -0.4 is 5.32 Å². The molecule has 0 aliphatic heterocycles. The van der Waals surface area contributed by atoms with Gasteiger partial charge in [-0.05, 0) is 50.9 Å². The molecule has 0 amide bonds. The van der Waals surface area contributed by atoms with E-state index in [0.717, 1.165) is 19.5 Å². The van der Waals surface area contributed by atoms with E-state index in [4.69, 9.17) is 9.47 Å². The topological polar surface area (TPSA) is 30.5 Å². The van der Waals surface area contributed by atoms with E-state index >= 15 is 0 Å². The van der Waals surface area contributed by atoms with Gasteiger partial charge < -0.3 is 14.8 Å². The van der Waals surface area contributed by atoms with Gasteiger partial charge in [-0.3, -0.25) is 0 Å².